The van der Waals surface area contributed by atoms with Gasteiger partial charge >= 0.3 is 12.4 Å². The number of rotatable bonds is 1. The third-order valence-electron chi connectivity index (χ3n) is 2.29. The molecule has 0 saturated carbocycles. The lowest BCUT2D eigenvalue weighted by Crippen LogP contribution is -2.18. The Bertz CT molecular complexity index is 418. The maximum absolute atomic E-state index is 12.6. The molecule has 2 N–H and O–H groups in total. The number of hydrogen-bond acceptors (Lipinski definition) is 1. The fourth-order valence-corrected chi connectivity index (χ4v) is 1.63. The minimum atomic E-state index is -4.89. The van der Waals surface area contributed by atoms with E-state index >= 15 is 0 Å². The Morgan fingerprint density at radius 3 is 1.88 bits per heavy atom. The highest BCUT2D eigenvalue weighted by Crippen LogP contribution is 2.42. The molecule has 0 amide bonds. The molecule has 1 aromatic carbocycles. The molecule has 1 rings (SSSR count). The van der Waals surface area contributed by atoms with E-state index in [2.05, 4.69) is 0 Å². The summed E-state index contributed by atoms with van der Waals surface area (Å²) in [5.41, 5.74) is 0.917. The second-order valence-corrected chi connectivity index (χ2v) is 3.40. The molecule has 0 aliphatic carbocycles. The van der Waals surface area contributed by atoms with E-state index in [-0.39, 0.29) is 0 Å². The lowest BCUT2D eigenvalue weighted by atomic mass is 9.96. The van der Waals surface area contributed by atoms with E-state index in [0.717, 1.165) is 0 Å². The average molecular weight is 257 g/mol. The van der Waals surface area contributed by atoms with Crippen molar-refractivity contribution in [1.29, 1.82) is 0 Å². The van der Waals surface area contributed by atoms with Gasteiger partial charge in [0.25, 0.3) is 0 Å². The standard InChI is InChI=1S/C10H9F6N/c1-2-5-6(9(11,12)13)3-4-7(17)8(5)10(14,15)16/h3-4H,2,17H2,1H3. The molecule has 0 aromatic heterocycles. The van der Waals surface area contributed by atoms with Crippen LogP contribution in [-0.2, 0) is 18.8 Å². The maximum atomic E-state index is 12.6. The minimum absolute atomic E-state index is 0.394. The van der Waals surface area contributed by atoms with Crippen LogP contribution in [0.4, 0.5) is 32.0 Å². The van der Waals surface area contributed by atoms with Gasteiger partial charge in [0.05, 0.1) is 11.1 Å². The quantitative estimate of drug-likeness (QED) is 0.599. The molecule has 96 valence electrons. The van der Waals surface area contributed by atoms with E-state index in [1.54, 1.807) is 0 Å². The van der Waals surface area contributed by atoms with Gasteiger partial charge < -0.3 is 5.73 Å². The lowest BCUT2D eigenvalue weighted by molar-refractivity contribution is -0.143. The molecule has 1 nitrogen and oxygen atoms in total. The Kier molecular flexibility index (Phi) is 3.31. The van der Waals surface area contributed by atoms with E-state index in [0.29, 0.717) is 12.1 Å². The van der Waals surface area contributed by atoms with Crippen LogP contribution in [0, 0.1) is 0 Å². The first kappa shape index (κ1) is 13.7. The molecule has 0 aliphatic heterocycles. The van der Waals surface area contributed by atoms with Crippen molar-refractivity contribution in [3.05, 3.63) is 28.8 Å². The highest BCUT2D eigenvalue weighted by molar-refractivity contribution is 5.56. The molecule has 0 unspecified atom stereocenters. The Labute approximate surface area is 93.2 Å². The van der Waals surface area contributed by atoms with Gasteiger partial charge in [-0.3, -0.25) is 0 Å². The third kappa shape index (κ3) is 2.65. The van der Waals surface area contributed by atoms with Crippen molar-refractivity contribution in [3.8, 4) is 0 Å². The number of benzene rings is 1. The fourth-order valence-electron chi connectivity index (χ4n) is 1.63. The zero-order valence-electron chi connectivity index (χ0n) is 8.71. The van der Waals surface area contributed by atoms with Gasteiger partial charge in [0.1, 0.15) is 0 Å². The van der Waals surface area contributed by atoms with Crippen molar-refractivity contribution in [2.24, 2.45) is 0 Å². The van der Waals surface area contributed by atoms with Crippen LogP contribution in [0.15, 0.2) is 12.1 Å². The summed E-state index contributed by atoms with van der Waals surface area (Å²) in [7, 11) is 0. The number of alkyl halides is 6. The highest BCUT2D eigenvalue weighted by Gasteiger charge is 2.41. The van der Waals surface area contributed by atoms with E-state index in [4.69, 9.17) is 5.73 Å². The van der Waals surface area contributed by atoms with Gasteiger partial charge in [-0.05, 0) is 24.1 Å². The number of nitrogens with two attached hydrogens (primary N) is 1. The van der Waals surface area contributed by atoms with Crippen LogP contribution in [-0.4, -0.2) is 0 Å². The van der Waals surface area contributed by atoms with Crippen LogP contribution < -0.4 is 5.73 Å². The maximum Gasteiger partial charge on any atom is 0.418 e. The zero-order valence-corrected chi connectivity index (χ0v) is 8.71. The zero-order chi connectivity index (χ0) is 13.4. The van der Waals surface area contributed by atoms with Crippen LogP contribution >= 0.6 is 0 Å². The van der Waals surface area contributed by atoms with E-state index in [9.17, 15) is 26.3 Å². The van der Waals surface area contributed by atoms with Crippen LogP contribution in [0.25, 0.3) is 0 Å². The van der Waals surface area contributed by atoms with Gasteiger partial charge in [-0.15, -0.1) is 0 Å². The molecule has 0 radical (unpaired) electrons. The molecule has 1 aromatic rings. The Morgan fingerprint density at radius 1 is 1.00 bits per heavy atom. The highest BCUT2D eigenvalue weighted by atomic mass is 19.4. The smallest absolute Gasteiger partial charge is 0.398 e. The normalized spacial score (nSPS) is 12.9. The molecule has 0 saturated heterocycles. The van der Waals surface area contributed by atoms with Gasteiger partial charge in [0.2, 0.25) is 0 Å². The topological polar surface area (TPSA) is 26.0 Å². The minimum Gasteiger partial charge on any atom is -0.398 e. The van der Waals surface area contributed by atoms with E-state index < -0.39 is 41.2 Å². The molecular weight excluding hydrogens is 248 g/mol. The average Bonchev–Trinajstić information content (AvgIpc) is 2.12. The molecule has 0 bridgehead atoms. The van der Waals surface area contributed by atoms with E-state index in [1.165, 1.54) is 6.92 Å². The molecule has 0 heterocycles. The van der Waals surface area contributed by atoms with Crippen LogP contribution in [0.5, 0.6) is 0 Å². The van der Waals surface area contributed by atoms with Crippen molar-refractivity contribution < 1.29 is 26.3 Å². The van der Waals surface area contributed by atoms with Gasteiger partial charge in [-0.25, -0.2) is 0 Å². The Morgan fingerprint density at radius 2 is 1.53 bits per heavy atom. The lowest BCUT2D eigenvalue weighted by Gasteiger charge is -2.19. The van der Waals surface area contributed by atoms with Gasteiger partial charge in [0, 0.05) is 5.69 Å². The predicted molar refractivity (Wildman–Crippen MR) is 50.2 cm³/mol. The summed E-state index contributed by atoms with van der Waals surface area (Å²) in [6.07, 6.45) is -10.1. The first-order chi connectivity index (χ1) is 7.59. The molecule has 0 atom stereocenters. The van der Waals surface area contributed by atoms with Gasteiger partial charge in [-0.1, -0.05) is 6.92 Å². The monoisotopic (exact) mass is 257 g/mol. The van der Waals surface area contributed by atoms with E-state index in [1.807, 2.05) is 0 Å². The first-order valence-corrected chi connectivity index (χ1v) is 4.64. The van der Waals surface area contributed by atoms with Crippen LogP contribution in [0.1, 0.15) is 23.6 Å². The first-order valence-electron chi connectivity index (χ1n) is 4.64. The second kappa shape index (κ2) is 4.12. The van der Waals surface area contributed by atoms with Crippen molar-refractivity contribution >= 4 is 5.69 Å². The van der Waals surface area contributed by atoms with Crippen molar-refractivity contribution in [1.82, 2.24) is 0 Å². The number of nitrogen functional groups attached to an aromatic ring is 1. The van der Waals surface area contributed by atoms with Crippen molar-refractivity contribution in [2.45, 2.75) is 25.7 Å². The summed E-state index contributed by atoms with van der Waals surface area (Å²) in [5, 5.41) is 0. The number of hydrogen-bond donors (Lipinski definition) is 1. The van der Waals surface area contributed by atoms with Crippen molar-refractivity contribution in [3.63, 3.8) is 0 Å². The molecule has 7 heteroatoms. The third-order valence-corrected chi connectivity index (χ3v) is 2.29. The van der Waals surface area contributed by atoms with Crippen LogP contribution in [0.2, 0.25) is 0 Å². The summed E-state index contributed by atoms with van der Waals surface area (Å²) < 4.78 is 75.4. The summed E-state index contributed by atoms with van der Waals surface area (Å²) >= 11 is 0. The Balaban J connectivity index is 3.60. The molecular formula is C10H9F6N. The van der Waals surface area contributed by atoms with Gasteiger partial charge in [-0.2, -0.15) is 26.3 Å². The summed E-state index contributed by atoms with van der Waals surface area (Å²) in [4.78, 5) is 0. The Hall–Kier alpha value is -1.40. The largest absolute Gasteiger partial charge is 0.418 e. The number of anilines is 1. The van der Waals surface area contributed by atoms with Crippen LogP contribution in [0.3, 0.4) is 0 Å². The molecule has 0 spiro atoms. The fraction of sp³-hybridized carbons (Fsp3) is 0.400. The predicted octanol–water partition coefficient (Wildman–Crippen LogP) is 3.87. The van der Waals surface area contributed by atoms with Gasteiger partial charge in [0.15, 0.2) is 0 Å². The number of halogens is 6. The second-order valence-electron chi connectivity index (χ2n) is 3.40. The molecule has 0 aliphatic rings. The summed E-state index contributed by atoms with van der Waals surface area (Å²) in [6.45, 7) is 1.22. The molecule has 0 fully saturated rings. The molecule has 17 heavy (non-hydrogen) atoms. The summed E-state index contributed by atoms with van der Waals surface area (Å²) in [6, 6.07) is 1.20. The SMILES string of the molecule is CCc1c(C(F)(F)F)ccc(N)c1C(F)(F)F. The van der Waals surface area contributed by atoms with Crippen molar-refractivity contribution in [2.75, 3.05) is 5.73 Å². The summed E-state index contributed by atoms with van der Waals surface area (Å²) in [5.74, 6) is 0.